The Kier molecular flexibility index (Phi) is 11.0. The van der Waals surface area contributed by atoms with Crippen molar-refractivity contribution in [2.45, 2.75) is 71.5 Å². The molecule has 7 nitrogen and oxygen atoms in total. The molecule has 1 unspecified atom stereocenters. The number of imide groups is 1. The van der Waals surface area contributed by atoms with E-state index in [0.717, 1.165) is 10.5 Å². The zero-order valence-corrected chi connectivity index (χ0v) is 23.9. The average molecular weight is 575 g/mol. The van der Waals surface area contributed by atoms with Gasteiger partial charge in [0.1, 0.15) is 11.3 Å². The summed E-state index contributed by atoms with van der Waals surface area (Å²) in [6, 6.07) is 10.8. The molecule has 0 saturated carbocycles. The van der Waals surface area contributed by atoms with Gasteiger partial charge in [0.2, 0.25) is 6.41 Å². The first-order chi connectivity index (χ1) is 19.5. The zero-order valence-electron chi connectivity index (χ0n) is 23.9. The zero-order chi connectivity index (χ0) is 30.2. The lowest BCUT2D eigenvalue weighted by Crippen LogP contribution is -2.42. The van der Waals surface area contributed by atoms with Crippen molar-refractivity contribution in [3.05, 3.63) is 75.1 Å². The Balaban J connectivity index is 1.75. The number of fused-ring (bicyclic) bond motifs is 1. The number of aryl methyl sites for hydroxylation is 2. The van der Waals surface area contributed by atoms with Crippen LogP contribution >= 0.6 is 0 Å². The third-order valence-electron chi connectivity index (χ3n) is 7.06. The molecule has 1 aromatic heterocycles. The van der Waals surface area contributed by atoms with Gasteiger partial charge in [-0.2, -0.15) is 13.2 Å². The number of hydrogen-bond acceptors (Lipinski definition) is 5. The van der Waals surface area contributed by atoms with Crippen molar-refractivity contribution in [1.82, 2.24) is 9.80 Å². The summed E-state index contributed by atoms with van der Waals surface area (Å²) in [6.07, 6.45) is -1.12. The van der Waals surface area contributed by atoms with Gasteiger partial charge in [-0.15, -0.1) is 0 Å². The smallest absolute Gasteiger partial charge is 0.417 e. The summed E-state index contributed by atoms with van der Waals surface area (Å²) in [5.41, 5.74) is -0.185. The normalized spacial score (nSPS) is 12.3. The Morgan fingerprint density at radius 2 is 1.76 bits per heavy atom. The lowest BCUT2D eigenvalue weighted by atomic mass is 9.96. The number of halogens is 3. The van der Waals surface area contributed by atoms with Gasteiger partial charge in [0, 0.05) is 30.6 Å². The summed E-state index contributed by atoms with van der Waals surface area (Å²) in [6.45, 7) is 6.08. The van der Waals surface area contributed by atoms with E-state index in [0.29, 0.717) is 67.9 Å². The number of ether oxygens (including phenoxy) is 1. The molecule has 1 heterocycles. The molecule has 41 heavy (non-hydrogen) atoms. The molecule has 2 aromatic carbocycles. The number of urea groups is 1. The van der Waals surface area contributed by atoms with E-state index < -0.39 is 23.4 Å². The van der Waals surface area contributed by atoms with Crippen LogP contribution in [-0.2, 0) is 23.8 Å². The monoisotopic (exact) mass is 574 g/mol. The van der Waals surface area contributed by atoms with Gasteiger partial charge in [-0.3, -0.25) is 9.69 Å². The maximum absolute atomic E-state index is 13.8. The van der Waals surface area contributed by atoms with Crippen LogP contribution in [0.1, 0.15) is 74.8 Å². The lowest BCUT2D eigenvalue weighted by Gasteiger charge is -2.29. The fourth-order valence-corrected chi connectivity index (χ4v) is 4.83. The quantitative estimate of drug-likeness (QED) is 0.123. The second-order valence-electron chi connectivity index (χ2n) is 10.0. The van der Waals surface area contributed by atoms with Crippen LogP contribution in [-0.4, -0.2) is 42.4 Å². The number of rotatable bonds is 13. The molecule has 0 fully saturated rings. The topological polar surface area (TPSA) is 80.1 Å². The third-order valence-corrected chi connectivity index (χ3v) is 7.06. The largest absolute Gasteiger partial charge is 0.493 e. The van der Waals surface area contributed by atoms with Crippen LogP contribution in [0.5, 0.6) is 5.75 Å². The maximum Gasteiger partial charge on any atom is 0.417 e. The van der Waals surface area contributed by atoms with E-state index in [-0.39, 0.29) is 30.2 Å². The minimum Gasteiger partial charge on any atom is -0.493 e. The molecular weight excluding hydrogens is 537 g/mol. The molecular formula is C31H37F3N2O5. The standard InChI is InChI=1S/C31H37F3N2O5/c1-5-12-23-18-25-26(31(32,33)34)19-27(38)41-29(25)24(13-6-2)28(23)40-17-11-10-16-36(20-37)30(39)35(4)21(3)22-14-8-7-9-15-22/h7-9,14-15,18-21H,5-6,10-13,16-17H2,1-4H3. The van der Waals surface area contributed by atoms with Crippen molar-refractivity contribution in [1.29, 1.82) is 0 Å². The predicted octanol–water partition coefficient (Wildman–Crippen LogP) is 7.15. The van der Waals surface area contributed by atoms with E-state index in [4.69, 9.17) is 9.15 Å². The molecule has 10 heteroatoms. The van der Waals surface area contributed by atoms with Crippen molar-refractivity contribution < 1.29 is 31.9 Å². The van der Waals surface area contributed by atoms with Gasteiger partial charge in [-0.25, -0.2) is 9.59 Å². The molecule has 0 aliphatic carbocycles. The molecule has 0 N–H and O–H groups in total. The first kappa shape index (κ1) is 31.7. The van der Waals surface area contributed by atoms with Crippen LogP contribution in [0.3, 0.4) is 0 Å². The van der Waals surface area contributed by atoms with Gasteiger partial charge < -0.3 is 14.1 Å². The maximum atomic E-state index is 13.8. The predicted molar refractivity (Wildman–Crippen MR) is 151 cm³/mol. The van der Waals surface area contributed by atoms with Gasteiger partial charge in [0.15, 0.2) is 0 Å². The third kappa shape index (κ3) is 7.68. The molecule has 0 bridgehead atoms. The molecule has 3 amide bonds. The van der Waals surface area contributed by atoms with Crippen LogP contribution in [0.4, 0.5) is 18.0 Å². The molecule has 0 saturated heterocycles. The minimum atomic E-state index is -4.71. The van der Waals surface area contributed by atoms with Gasteiger partial charge in [-0.05, 0) is 49.8 Å². The van der Waals surface area contributed by atoms with Crippen LogP contribution in [0.25, 0.3) is 11.0 Å². The van der Waals surface area contributed by atoms with Crippen molar-refractivity contribution >= 4 is 23.4 Å². The number of carbonyl (C=O) groups excluding carboxylic acids is 2. The van der Waals surface area contributed by atoms with Crippen molar-refractivity contribution in [2.24, 2.45) is 0 Å². The number of nitrogens with zero attached hydrogens (tertiary/aromatic N) is 2. The highest BCUT2D eigenvalue weighted by Crippen LogP contribution is 2.40. The summed E-state index contributed by atoms with van der Waals surface area (Å²) in [7, 11) is 1.65. The highest BCUT2D eigenvalue weighted by molar-refractivity contribution is 5.87. The number of benzene rings is 2. The van der Waals surface area contributed by atoms with Crippen LogP contribution in [0.2, 0.25) is 0 Å². The molecule has 1 atom stereocenters. The summed E-state index contributed by atoms with van der Waals surface area (Å²) < 4.78 is 52.8. The number of amides is 3. The molecule has 0 spiro atoms. The molecule has 222 valence electrons. The first-order valence-electron chi connectivity index (χ1n) is 13.9. The average Bonchev–Trinajstić information content (AvgIpc) is 2.95. The SMILES string of the molecule is CCCc1cc2c(C(F)(F)F)cc(=O)oc2c(CCC)c1OCCCCN(C=O)C(=O)N(C)C(C)c1ccccc1. The fourth-order valence-electron chi connectivity index (χ4n) is 4.83. The van der Waals surface area contributed by atoms with Crippen LogP contribution in [0, 0.1) is 0 Å². The van der Waals surface area contributed by atoms with Crippen LogP contribution < -0.4 is 10.4 Å². The van der Waals surface area contributed by atoms with E-state index in [9.17, 15) is 27.6 Å². The van der Waals surface area contributed by atoms with Crippen molar-refractivity contribution in [3.8, 4) is 5.75 Å². The van der Waals surface area contributed by atoms with E-state index >= 15 is 0 Å². The molecule has 0 aliphatic heterocycles. The number of carbonyl (C=O) groups is 2. The highest BCUT2D eigenvalue weighted by atomic mass is 19.4. The second kappa shape index (κ2) is 14.2. The Labute approximate surface area is 237 Å². The van der Waals surface area contributed by atoms with Crippen molar-refractivity contribution in [3.63, 3.8) is 0 Å². The van der Waals surface area contributed by atoms with Crippen LogP contribution in [0.15, 0.2) is 51.7 Å². The Morgan fingerprint density at radius 3 is 2.37 bits per heavy atom. The van der Waals surface area contributed by atoms with Gasteiger partial charge >= 0.3 is 17.8 Å². The van der Waals surface area contributed by atoms with E-state index in [1.54, 1.807) is 7.05 Å². The highest BCUT2D eigenvalue weighted by Gasteiger charge is 2.35. The first-order valence-corrected chi connectivity index (χ1v) is 13.9. The summed E-state index contributed by atoms with van der Waals surface area (Å²) in [5.74, 6) is 0.434. The Hall–Kier alpha value is -3.82. The number of alkyl halides is 3. The van der Waals surface area contributed by atoms with Gasteiger partial charge in [0.25, 0.3) is 0 Å². The molecule has 0 radical (unpaired) electrons. The van der Waals surface area contributed by atoms with E-state index in [1.165, 1.54) is 11.0 Å². The van der Waals surface area contributed by atoms with Gasteiger partial charge in [0.05, 0.1) is 18.2 Å². The van der Waals surface area contributed by atoms with Gasteiger partial charge in [-0.1, -0.05) is 57.0 Å². The number of unbranched alkanes of at least 4 members (excludes halogenated alkanes) is 1. The van der Waals surface area contributed by atoms with E-state index in [2.05, 4.69) is 0 Å². The molecule has 3 aromatic rings. The summed E-state index contributed by atoms with van der Waals surface area (Å²) >= 11 is 0. The molecule has 3 rings (SSSR count). The lowest BCUT2D eigenvalue weighted by molar-refractivity contribution is -0.136. The Bertz CT molecular complexity index is 1390. The Morgan fingerprint density at radius 1 is 1.07 bits per heavy atom. The minimum absolute atomic E-state index is 0.102. The summed E-state index contributed by atoms with van der Waals surface area (Å²) in [4.78, 5) is 39.3. The second-order valence-corrected chi connectivity index (χ2v) is 10.0. The molecule has 0 aliphatic rings. The fraction of sp³-hybridized carbons (Fsp3) is 0.452. The summed E-state index contributed by atoms with van der Waals surface area (Å²) in [5, 5.41) is -0.148. The van der Waals surface area contributed by atoms with Crippen molar-refractivity contribution in [2.75, 3.05) is 20.2 Å². The van der Waals surface area contributed by atoms with E-state index in [1.807, 2.05) is 51.1 Å². The number of hydrogen-bond donors (Lipinski definition) is 0.